The smallest absolute Gasteiger partial charge is 0.335 e. The number of hydrogen-bond donors (Lipinski definition) is 2. The molecule has 1 aromatic carbocycles. The molecule has 0 aliphatic carbocycles. The molecule has 0 amide bonds. The molecule has 2 N–H and O–H groups in total. The van der Waals surface area contributed by atoms with Gasteiger partial charge in [-0.1, -0.05) is 0 Å². The zero-order valence-electron chi connectivity index (χ0n) is 14.4. The molecule has 0 atom stereocenters. The lowest BCUT2D eigenvalue weighted by Gasteiger charge is -2.18. The van der Waals surface area contributed by atoms with Crippen molar-refractivity contribution >= 4 is 33.8 Å². The van der Waals surface area contributed by atoms with Crippen LogP contribution in [0.3, 0.4) is 0 Å². The number of nitrogens with zero attached hydrogens (tertiary/aromatic N) is 5. The molecule has 0 aliphatic rings. The molecule has 140 valence electrons. The predicted octanol–water partition coefficient (Wildman–Crippen LogP) is 3.25. The zero-order valence-corrected chi connectivity index (χ0v) is 15.2. The maximum absolute atomic E-state index is 11.9. The van der Waals surface area contributed by atoms with Crippen molar-refractivity contribution in [3.05, 3.63) is 48.0 Å². The number of anilines is 1. The number of aromatic hydroxyl groups is 2. The lowest BCUT2D eigenvalue weighted by atomic mass is 10.2. The van der Waals surface area contributed by atoms with Crippen LogP contribution in [0.5, 0.6) is 11.8 Å². The van der Waals surface area contributed by atoms with Gasteiger partial charge >= 0.3 is 5.97 Å². The highest BCUT2D eigenvalue weighted by atomic mass is 32.1. The highest BCUT2D eigenvalue weighted by Gasteiger charge is 2.13. The first kappa shape index (κ1) is 18.4. The Hall–Kier alpha value is -3.40. The van der Waals surface area contributed by atoms with Crippen LogP contribution < -0.4 is 9.74 Å². The lowest BCUT2D eigenvalue weighted by Crippen LogP contribution is -2.26. The molecule has 0 saturated heterocycles. The fraction of sp³-hybridized carbons (Fsp3) is 0.176. The molecular weight excluding hydrogens is 370 g/mol. The summed E-state index contributed by atoms with van der Waals surface area (Å²) in [6.07, 6.45) is 1.74. The number of aromatic nitrogens is 2. The van der Waals surface area contributed by atoms with Gasteiger partial charge in [0.05, 0.1) is 12.1 Å². The number of thiazole rings is 1. The minimum atomic E-state index is -0.586. The number of carbonyl (C=O) groups excluding carboxylic acids is 1. The van der Waals surface area contributed by atoms with Gasteiger partial charge in [-0.05, 0) is 24.3 Å². The van der Waals surface area contributed by atoms with Crippen LogP contribution in [-0.2, 0) is 4.79 Å². The number of carbonyl (C=O) groups is 1. The van der Waals surface area contributed by atoms with Crippen LogP contribution in [0.15, 0.2) is 58.2 Å². The summed E-state index contributed by atoms with van der Waals surface area (Å²) in [5.41, 5.74) is 1.59. The molecule has 3 aromatic rings. The van der Waals surface area contributed by atoms with Crippen molar-refractivity contribution in [2.45, 2.75) is 6.42 Å². The first-order chi connectivity index (χ1) is 13.0. The van der Waals surface area contributed by atoms with Gasteiger partial charge in [0.1, 0.15) is 0 Å². The van der Waals surface area contributed by atoms with E-state index in [-0.39, 0.29) is 18.2 Å². The Balaban J connectivity index is 1.52. The summed E-state index contributed by atoms with van der Waals surface area (Å²) < 4.78 is 0.671. The maximum atomic E-state index is 11.9. The Labute approximate surface area is 158 Å². The van der Waals surface area contributed by atoms with Crippen LogP contribution >= 0.6 is 11.3 Å². The van der Waals surface area contributed by atoms with E-state index in [1.54, 1.807) is 6.20 Å². The molecule has 0 radical (unpaired) electrons. The van der Waals surface area contributed by atoms with E-state index >= 15 is 0 Å². The van der Waals surface area contributed by atoms with E-state index < -0.39 is 5.97 Å². The third-order valence-electron chi connectivity index (χ3n) is 3.60. The summed E-state index contributed by atoms with van der Waals surface area (Å²) in [6.45, 7) is 0.390. The van der Waals surface area contributed by atoms with Crippen molar-refractivity contribution < 1.29 is 19.8 Å². The minimum Gasteiger partial charge on any atom is -0.492 e. The van der Waals surface area contributed by atoms with Gasteiger partial charge in [0.15, 0.2) is 0 Å². The van der Waals surface area contributed by atoms with Crippen molar-refractivity contribution in [1.29, 1.82) is 0 Å². The molecule has 0 fully saturated rings. The fourth-order valence-corrected chi connectivity index (χ4v) is 2.62. The Morgan fingerprint density at radius 2 is 1.89 bits per heavy atom. The van der Waals surface area contributed by atoms with E-state index in [1.807, 2.05) is 41.6 Å². The van der Waals surface area contributed by atoms with Crippen molar-refractivity contribution in [1.82, 2.24) is 9.71 Å². The Bertz CT molecular complexity index is 902. The number of benzene rings is 1. The van der Waals surface area contributed by atoms with Crippen molar-refractivity contribution in [3.8, 4) is 11.8 Å². The second-order valence-corrected chi connectivity index (χ2v) is 6.38. The highest BCUT2D eigenvalue weighted by Crippen LogP contribution is 2.23. The van der Waals surface area contributed by atoms with Crippen molar-refractivity contribution in [2.75, 3.05) is 18.5 Å². The Morgan fingerprint density at radius 1 is 1.19 bits per heavy atom. The second kappa shape index (κ2) is 8.32. The van der Waals surface area contributed by atoms with Gasteiger partial charge in [0.25, 0.3) is 0 Å². The van der Waals surface area contributed by atoms with Crippen molar-refractivity contribution in [2.24, 2.45) is 10.2 Å². The Kier molecular flexibility index (Phi) is 5.67. The summed E-state index contributed by atoms with van der Waals surface area (Å²) in [5, 5.41) is 29.5. The maximum Gasteiger partial charge on any atom is 0.335 e. The van der Waals surface area contributed by atoms with Gasteiger partial charge in [0.2, 0.25) is 16.9 Å². The third-order valence-corrected chi connectivity index (χ3v) is 4.26. The van der Waals surface area contributed by atoms with E-state index in [0.717, 1.165) is 5.69 Å². The van der Waals surface area contributed by atoms with Gasteiger partial charge in [0, 0.05) is 43.0 Å². The lowest BCUT2D eigenvalue weighted by molar-refractivity contribution is -0.145. The molecule has 2 heterocycles. The molecule has 0 bridgehead atoms. The van der Waals surface area contributed by atoms with Gasteiger partial charge in [-0.15, -0.1) is 26.3 Å². The minimum absolute atomic E-state index is 0.0685. The van der Waals surface area contributed by atoms with Crippen LogP contribution in [0.2, 0.25) is 0 Å². The predicted molar refractivity (Wildman–Crippen MR) is 100.0 cm³/mol. The van der Waals surface area contributed by atoms with Crippen LogP contribution in [0, 0.1) is 0 Å². The van der Waals surface area contributed by atoms with Gasteiger partial charge in [-0.3, -0.25) is 0 Å². The molecule has 0 unspecified atom stereocenters. The van der Waals surface area contributed by atoms with Gasteiger partial charge < -0.3 is 20.0 Å². The first-order valence-corrected chi connectivity index (χ1v) is 8.84. The standard InChI is InChI=1S/C17H17N5O4S/c1-21(10-8-16(25)26-22-14(23)6-7-15(22)24)13-4-2-12(3-5-13)19-20-17-18-9-11-27-17/h2-7,9,11,23-24H,8,10H2,1H3. The molecule has 2 aromatic heterocycles. The van der Waals surface area contributed by atoms with Gasteiger partial charge in [-0.2, -0.15) is 0 Å². The third kappa shape index (κ3) is 4.82. The van der Waals surface area contributed by atoms with Gasteiger partial charge in [-0.25, -0.2) is 9.78 Å². The molecule has 27 heavy (non-hydrogen) atoms. The number of rotatable bonds is 7. The van der Waals surface area contributed by atoms with E-state index in [4.69, 9.17) is 4.84 Å². The fourth-order valence-electron chi connectivity index (χ4n) is 2.17. The molecular formula is C17H17N5O4S. The Morgan fingerprint density at radius 3 is 2.52 bits per heavy atom. The largest absolute Gasteiger partial charge is 0.492 e. The average molecular weight is 387 g/mol. The summed E-state index contributed by atoms with van der Waals surface area (Å²) in [6, 6.07) is 9.81. The number of azo groups is 1. The monoisotopic (exact) mass is 387 g/mol. The first-order valence-electron chi connectivity index (χ1n) is 7.96. The summed E-state index contributed by atoms with van der Waals surface area (Å²) in [5.74, 6) is -1.29. The molecule has 0 saturated carbocycles. The highest BCUT2D eigenvalue weighted by molar-refractivity contribution is 7.13. The summed E-state index contributed by atoms with van der Waals surface area (Å²) in [7, 11) is 1.84. The second-order valence-electron chi connectivity index (χ2n) is 5.51. The van der Waals surface area contributed by atoms with Crippen LogP contribution in [-0.4, -0.2) is 39.5 Å². The molecule has 0 aliphatic heterocycles. The molecule has 9 nitrogen and oxygen atoms in total. The van der Waals surface area contributed by atoms with Crippen LogP contribution in [0.4, 0.5) is 16.5 Å². The number of hydrogen-bond acceptors (Lipinski definition) is 9. The van der Waals surface area contributed by atoms with E-state index in [2.05, 4.69) is 15.2 Å². The molecule has 0 spiro atoms. The zero-order chi connectivity index (χ0) is 19.2. The average Bonchev–Trinajstić information content (AvgIpc) is 3.30. The van der Waals surface area contributed by atoms with E-state index in [9.17, 15) is 15.0 Å². The molecule has 10 heteroatoms. The quantitative estimate of drug-likeness (QED) is 0.602. The van der Waals surface area contributed by atoms with Crippen LogP contribution in [0.1, 0.15) is 6.42 Å². The van der Waals surface area contributed by atoms with E-state index in [0.29, 0.717) is 22.1 Å². The summed E-state index contributed by atoms with van der Waals surface area (Å²) >= 11 is 1.41. The summed E-state index contributed by atoms with van der Waals surface area (Å²) in [4.78, 5) is 22.7. The topological polar surface area (TPSA) is 113 Å². The SMILES string of the molecule is CN(CCC(=O)On1c(O)ccc1O)c1ccc(N=Nc2nccs2)cc1. The molecule has 3 rings (SSSR count). The van der Waals surface area contributed by atoms with Crippen molar-refractivity contribution in [3.63, 3.8) is 0 Å². The van der Waals surface area contributed by atoms with Crippen LogP contribution in [0.25, 0.3) is 0 Å². The normalized spacial score (nSPS) is 11.0. The van der Waals surface area contributed by atoms with E-state index in [1.165, 1.54) is 23.5 Å².